The topological polar surface area (TPSA) is 86.6 Å². The highest BCUT2D eigenvalue weighted by atomic mass is 32.1. The van der Waals surface area contributed by atoms with Crippen LogP contribution in [0.5, 0.6) is 0 Å². The third kappa shape index (κ3) is 7.72. The van der Waals surface area contributed by atoms with E-state index in [1.807, 2.05) is 41.3 Å². The van der Waals surface area contributed by atoms with Crippen molar-refractivity contribution in [2.45, 2.75) is 89.7 Å². The molecule has 1 aromatic carbocycles. The van der Waals surface area contributed by atoms with Crippen LogP contribution in [-0.2, 0) is 19.0 Å². The Morgan fingerprint density at radius 3 is 2.29 bits per heavy atom. The minimum absolute atomic E-state index is 0.0204. The van der Waals surface area contributed by atoms with Crippen LogP contribution in [0.1, 0.15) is 87.2 Å². The number of ether oxygens (including phenoxy) is 3. The van der Waals surface area contributed by atoms with Gasteiger partial charge in [-0.05, 0) is 68.9 Å². The van der Waals surface area contributed by atoms with Crippen LogP contribution in [-0.4, -0.2) is 57.1 Å². The first-order valence-electron chi connectivity index (χ1n) is 15.7. The van der Waals surface area contributed by atoms with Gasteiger partial charge >= 0.3 is 12.1 Å². The molecular formula is C33H45N2O6S+. The molecule has 42 heavy (non-hydrogen) atoms. The molecule has 0 atom stereocenters. The molecule has 1 N–H and O–H groups in total. The highest BCUT2D eigenvalue weighted by molar-refractivity contribution is 7.18. The number of piperidine rings is 1. The Bertz CT molecular complexity index is 1190. The Labute approximate surface area is 253 Å². The van der Waals surface area contributed by atoms with Gasteiger partial charge in [0.25, 0.3) is 0 Å². The van der Waals surface area contributed by atoms with Crippen molar-refractivity contribution in [3.8, 4) is 10.4 Å². The zero-order valence-corrected chi connectivity index (χ0v) is 25.8. The standard InChI is InChI=1S/C33H44N2O6S/c1-23-13-15-25(16-14-23)31(36)35(26-17-19-34(2)20-18-26)28-21-29(24-9-5-3-6-10-24)42-30(28)32(37)39-22-40-33(38)41-27-11-7-4-8-12-27/h3,5-6,9-10,21,23,25-27H,4,7-8,11-20,22H2,1-2H3/p+1. The molecule has 3 aliphatic rings. The number of amides is 1. The van der Waals surface area contributed by atoms with E-state index >= 15 is 0 Å². The first-order chi connectivity index (χ1) is 20.4. The molecule has 1 aliphatic heterocycles. The smallest absolute Gasteiger partial charge is 0.431 e. The summed E-state index contributed by atoms with van der Waals surface area (Å²) in [4.78, 5) is 44.7. The van der Waals surface area contributed by atoms with E-state index < -0.39 is 18.9 Å². The summed E-state index contributed by atoms with van der Waals surface area (Å²) < 4.78 is 16.0. The predicted molar refractivity (Wildman–Crippen MR) is 163 cm³/mol. The Hall–Kier alpha value is -2.91. The molecule has 2 saturated carbocycles. The number of likely N-dealkylation sites (tertiary alicyclic amines) is 1. The lowest BCUT2D eigenvalue weighted by atomic mass is 9.82. The molecule has 228 valence electrons. The molecule has 2 heterocycles. The number of esters is 1. The Balaban J connectivity index is 1.38. The second-order valence-corrected chi connectivity index (χ2v) is 13.4. The largest absolute Gasteiger partial charge is 0.511 e. The van der Waals surface area contributed by atoms with Gasteiger partial charge < -0.3 is 24.0 Å². The van der Waals surface area contributed by atoms with Gasteiger partial charge in [0.15, 0.2) is 0 Å². The van der Waals surface area contributed by atoms with Crippen molar-refractivity contribution in [3.63, 3.8) is 0 Å². The summed E-state index contributed by atoms with van der Waals surface area (Å²) in [6.07, 6.45) is 9.52. The normalized spacial score (nSPS) is 24.9. The number of quaternary nitrogens is 1. The second-order valence-electron chi connectivity index (χ2n) is 12.4. The van der Waals surface area contributed by atoms with Crippen molar-refractivity contribution in [2.24, 2.45) is 11.8 Å². The number of hydrogen-bond donors (Lipinski definition) is 1. The van der Waals surface area contributed by atoms with Crippen molar-refractivity contribution in [1.29, 1.82) is 0 Å². The van der Waals surface area contributed by atoms with Gasteiger partial charge in [0.1, 0.15) is 11.0 Å². The first-order valence-corrected chi connectivity index (χ1v) is 16.5. The molecule has 2 aromatic rings. The lowest BCUT2D eigenvalue weighted by Crippen LogP contribution is -3.10. The Kier molecular flexibility index (Phi) is 10.6. The van der Waals surface area contributed by atoms with Gasteiger partial charge in [-0.2, -0.15) is 0 Å². The van der Waals surface area contributed by atoms with Gasteiger partial charge in [0.05, 0.1) is 25.8 Å². The Morgan fingerprint density at radius 2 is 1.60 bits per heavy atom. The third-order valence-corrected chi connectivity index (χ3v) is 10.3. The quantitative estimate of drug-likeness (QED) is 0.304. The minimum Gasteiger partial charge on any atom is -0.431 e. The number of anilines is 1. The van der Waals surface area contributed by atoms with E-state index in [1.54, 1.807) is 0 Å². The van der Waals surface area contributed by atoms with Crippen molar-refractivity contribution >= 4 is 35.1 Å². The first kappa shape index (κ1) is 30.5. The van der Waals surface area contributed by atoms with E-state index in [9.17, 15) is 14.4 Å². The summed E-state index contributed by atoms with van der Waals surface area (Å²) in [5.74, 6) is 0.104. The van der Waals surface area contributed by atoms with Crippen LogP contribution < -0.4 is 9.80 Å². The molecule has 5 rings (SSSR count). The van der Waals surface area contributed by atoms with Crippen LogP contribution in [0, 0.1) is 11.8 Å². The maximum atomic E-state index is 14.3. The zero-order valence-electron chi connectivity index (χ0n) is 25.0. The summed E-state index contributed by atoms with van der Waals surface area (Å²) in [6.45, 7) is 3.67. The maximum Gasteiger partial charge on any atom is 0.511 e. The summed E-state index contributed by atoms with van der Waals surface area (Å²) in [5.41, 5.74) is 1.59. The van der Waals surface area contributed by atoms with Gasteiger partial charge in [-0.25, -0.2) is 9.59 Å². The van der Waals surface area contributed by atoms with Crippen LogP contribution in [0.15, 0.2) is 36.4 Å². The van der Waals surface area contributed by atoms with E-state index in [0.717, 1.165) is 94.2 Å². The van der Waals surface area contributed by atoms with Gasteiger partial charge in [0, 0.05) is 29.7 Å². The monoisotopic (exact) mass is 597 g/mol. The highest BCUT2D eigenvalue weighted by Gasteiger charge is 2.38. The van der Waals surface area contributed by atoms with Crippen molar-refractivity contribution in [1.82, 2.24) is 0 Å². The fourth-order valence-corrected chi connectivity index (χ4v) is 7.60. The van der Waals surface area contributed by atoms with E-state index in [0.29, 0.717) is 16.5 Å². The van der Waals surface area contributed by atoms with Crippen molar-refractivity contribution in [2.75, 3.05) is 31.8 Å². The fourth-order valence-electron chi connectivity index (χ4n) is 6.55. The van der Waals surface area contributed by atoms with E-state index in [4.69, 9.17) is 14.2 Å². The maximum absolute atomic E-state index is 14.3. The number of rotatable bonds is 8. The number of carbonyl (C=O) groups is 3. The molecule has 0 bridgehead atoms. The predicted octanol–water partition coefficient (Wildman–Crippen LogP) is 5.85. The summed E-state index contributed by atoms with van der Waals surface area (Å²) in [6, 6.07) is 11.9. The van der Waals surface area contributed by atoms with E-state index in [-0.39, 0.29) is 24.0 Å². The summed E-state index contributed by atoms with van der Waals surface area (Å²) in [5, 5.41) is 0. The molecule has 8 nitrogen and oxygen atoms in total. The third-order valence-electron chi connectivity index (χ3n) is 9.17. The molecular weight excluding hydrogens is 552 g/mol. The summed E-state index contributed by atoms with van der Waals surface area (Å²) in [7, 11) is 2.19. The average molecular weight is 598 g/mol. The molecule has 9 heteroatoms. The number of benzene rings is 1. The summed E-state index contributed by atoms with van der Waals surface area (Å²) >= 11 is 1.32. The average Bonchev–Trinajstić information content (AvgIpc) is 3.44. The number of hydrogen-bond acceptors (Lipinski definition) is 7. The molecule has 1 amide bonds. The number of thiophene rings is 1. The van der Waals surface area contributed by atoms with Gasteiger partial charge in [-0.1, -0.05) is 43.7 Å². The molecule has 0 spiro atoms. The molecule has 3 fully saturated rings. The molecule has 2 aliphatic carbocycles. The molecule has 1 saturated heterocycles. The molecule has 1 aromatic heterocycles. The van der Waals surface area contributed by atoms with Crippen molar-refractivity contribution < 1.29 is 33.5 Å². The van der Waals surface area contributed by atoms with Gasteiger partial charge in [-0.15, -0.1) is 11.3 Å². The van der Waals surface area contributed by atoms with Crippen LogP contribution in [0.25, 0.3) is 10.4 Å². The number of nitrogens with zero attached hydrogens (tertiary/aromatic N) is 1. The highest BCUT2D eigenvalue weighted by Crippen LogP contribution is 2.41. The number of nitrogens with one attached hydrogen (secondary N) is 1. The van der Waals surface area contributed by atoms with Gasteiger partial charge in [-0.3, -0.25) is 4.79 Å². The fraction of sp³-hybridized carbons (Fsp3) is 0.606. The second kappa shape index (κ2) is 14.5. The van der Waals surface area contributed by atoms with Crippen LogP contribution >= 0.6 is 11.3 Å². The molecule has 0 unspecified atom stereocenters. The molecule has 0 radical (unpaired) electrons. The minimum atomic E-state index is -0.816. The number of carbonyl (C=O) groups excluding carboxylic acids is 3. The van der Waals surface area contributed by atoms with E-state index in [2.05, 4.69) is 14.0 Å². The van der Waals surface area contributed by atoms with Gasteiger partial charge in [0.2, 0.25) is 12.7 Å². The van der Waals surface area contributed by atoms with Crippen LogP contribution in [0.2, 0.25) is 0 Å². The lowest BCUT2D eigenvalue weighted by Gasteiger charge is -2.38. The Morgan fingerprint density at radius 1 is 0.905 bits per heavy atom. The van der Waals surface area contributed by atoms with E-state index in [1.165, 1.54) is 16.2 Å². The van der Waals surface area contributed by atoms with Crippen LogP contribution in [0.4, 0.5) is 10.5 Å². The zero-order chi connectivity index (χ0) is 29.5. The van der Waals surface area contributed by atoms with Crippen LogP contribution in [0.3, 0.4) is 0 Å². The van der Waals surface area contributed by atoms with Crippen molar-refractivity contribution in [3.05, 3.63) is 41.3 Å². The SMILES string of the molecule is CC1CCC(C(=O)N(c2cc(-c3ccccc3)sc2C(=O)OCOC(=O)OC2CCCCC2)C2CC[NH+](C)CC2)CC1. The lowest BCUT2D eigenvalue weighted by molar-refractivity contribution is -0.884.